The molecule has 11 heavy (non-hydrogen) atoms. The Bertz CT molecular complexity index is 165. The van der Waals surface area contributed by atoms with Crippen LogP contribution in [-0.4, -0.2) is 18.0 Å². The molecule has 0 heterocycles. The second kappa shape index (κ2) is 3.95. The summed E-state index contributed by atoms with van der Waals surface area (Å²) in [5.41, 5.74) is 4.97. The van der Waals surface area contributed by atoms with Gasteiger partial charge in [0.25, 0.3) is 5.91 Å². The molecule has 0 aromatic rings. The lowest BCUT2D eigenvalue weighted by Crippen LogP contribution is -2.36. The van der Waals surface area contributed by atoms with Crippen LogP contribution in [0.25, 0.3) is 0 Å². The van der Waals surface area contributed by atoms with Crippen LogP contribution in [0.3, 0.4) is 0 Å². The van der Waals surface area contributed by atoms with Crippen molar-refractivity contribution in [1.82, 2.24) is 0 Å². The highest BCUT2D eigenvalue weighted by atomic mass is 16.5. The van der Waals surface area contributed by atoms with Gasteiger partial charge in [0, 0.05) is 6.92 Å². The average Bonchev–Trinajstić information content (AvgIpc) is 1.81. The van der Waals surface area contributed by atoms with Gasteiger partial charge in [0.15, 0.2) is 6.10 Å². The van der Waals surface area contributed by atoms with Gasteiger partial charge in [-0.2, -0.15) is 0 Å². The van der Waals surface area contributed by atoms with E-state index in [-0.39, 0.29) is 5.92 Å². The van der Waals surface area contributed by atoms with E-state index in [1.807, 2.05) is 0 Å². The Labute approximate surface area is 65.7 Å². The fraction of sp³-hybridized carbons (Fsp3) is 0.714. The number of hydrogen-bond acceptors (Lipinski definition) is 3. The maximum absolute atomic E-state index is 10.6. The number of carbonyl (C=O) groups excluding carboxylic acids is 2. The van der Waals surface area contributed by atoms with Crippen LogP contribution in [0.4, 0.5) is 0 Å². The molecule has 0 aliphatic heterocycles. The lowest BCUT2D eigenvalue weighted by molar-refractivity contribution is -0.155. The first-order valence-corrected chi connectivity index (χ1v) is 3.41. The van der Waals surface area contributed by atoms with Gasteiger partial charge in [-0.05, 0) is 5.92 Å². The largest absolute Gasteiger partial charge is 0.452 e. The minimum atomic E-state index is -0.799. The fourth-order valence-corrected chi connectivity index (χ4v) is 0.701. The van der Waals surface area contributed by atoms with Gasteiger partial charge in [0.2, 0.25) is 0 Å². The minimum absolute atomic E-state index is 0.0728. The van der Waals surface area contributed by atoms with Crippen LogP contribution in [0.2, 0.25) is 0 Å². The van der Waals surface area contributed by atoms with Crippen molar-refractivity contribution in [3.05, 3.63) is 0 Å². The predicted octanol–water partition coefficient (Wildman–Crippen LogP) is 0.0594. The van der Waals surface area contributed by atoms with Crippen LogP contribution in [-0.2, 0) is 14.3 Å². The molecule has 2 N–H and O–H groups in total. The summed E-state index contributed by atoms with van der Waals surface area (Å²) in [4.78, 5) is 21.1. The van der Waals surface area contributed by atoms with E-state index in [1.54, 1.807) is 13.8 Å². The van der Waals surface area contributed by atoms with Gasteiger partial charge in [-0.3, -0.25) is 9.59 Å². The highest BCUT2D eigenvalue weighted by Gasteiger charge is 2.21. The van der Waals surface area contributed by atoms with Crippen LogP contribution >= 0.6 is 0 Å². The predicted molar refractivity (Wildman–Crippen MR) is 39.6 cm³/mol. The normalized spacial score (nSPS) is 12.7. The number of nitrogens with two attached hydrogens (primary N) is 1. The summed E-state index contributed by atoms with van der Waals surface area (Å²) in [5, 5.41) is 0. The lowest BCUT2D eigenvalue weighted by atomic mass is 10.1. The molecule has 0 fully saturated rings. The number of esters is 1. The molecular formula is C7H13NO3. The van der Waals surface area contributed by atoms with Gasteiger partial charge >= 0.3 is 5.97 Å². The molecule has 64 valence electrons. The van der Waals surface area contributed by atoms with E-state index in [0.29, 0.717) is 0 Å². The number of carbonyl (C=O) groups is 2. The summed E-state index contributed by atoms with van der Waals surface area (Å²) in [6.07, 6.45) is -0.799. The van der Waals surface area contributed by atoms with Crippen molar-refractivity contribution < 1.29 is 14.3 Å². The number of hydrogen-bond donors (Lipinski definition) is 1. The van der Waals surface area contributed by atoms with Gasteiger partial charge in [-0.25, -0.2) is 0 Å². The Hall–Kier alpha value is -1.06. The molecule has 0 aromatic heterocycles. The molecule has 0 aliphatic carbocycles. The van der Waals surface area contributed by atoms with Crippen LogP contribution in [0.15, 0.2) is 0 Å². The standard InChI is InChI=1S/C7H13NO3/c1-4(2)6(7(8)10)11-5(3)9/h4,6H,1-3H3,(H2,8,10)/t6-/m0/s1. The van der Waals surface area contributed by atoms with E-state index < -0.39 is 18.0 Å². The number of primary amides is 1. The second-order valence-electron chi connectivity index (χ2n) is 2.68. The Morgan fingerprint density at radius 2 is 1.82 bits per heavy atom. The maximum atomic E-state index is 10.6. The zero-order chi connectivity index (χ0) is 9.02. The topological polar surface area (TPSA) is 69.4 Å². The molecule has 0 spiro atoms. The SMILES string of the molecule is CC(=O)O[C@H](C(N)=O)C(C)C. The third-order valence-electron chi connectivity index (χ3n) is 1.18. The molecule has 1 atom stereocenters. The molecule has 0 aromatic carbocycles. The van der Waals surface area contributed by atoms with Crippen molar-refractivity contribution in [2.45, 2.75) is 26.9 Å². The molecule has 4 heteroatoms. The summed E-state index contributed by atoms with van der Waals surface area (Å²) in [6.45, 7) is 4.77. The van der Waals surface area contributed by atoms with Gasteiger partial charge < -0.3 is 10.5 Å². The van der Waals surface area contributed by atoms with Crippen LogP contribution < -0.4 is 5.73 Å². The van der Waals surface area contributed by atoms with E-state index in [2.05, 4.69) is 4.74 Å². The zero-order valence-corrected chi connectivity index (χ0v) is 6.96. The van der Waals surface area contributed by atoms with Crippen LogP contribution in [0, 0.1) is 5.92 Å². The van der Waals surface area contributed by atoms with Crippen LogP contribution in [0.5, 0.6) is 0 Å². The summed E-state index contributed by atoms with van der Waals surface area (Å²) in [7, 11) is 0. The molecule has 0 aliphatic rings. The van der Waals surface area contributed by atoms with E-state index in [1.165, 1.54) is 6.92 Å². The second-order valence-corrected chi connectivity index (χ2v) is 2.68. The lowest BCUT2D eigenvalue weighted by Gasteiger charge is -2.16. The number of rotatable bonds is 3. The van der Waals surface area contributed by atoms with Gasteiger partial charge in [0.1, 0.15) is 0 Å². The summed E-state index contributed by atoms with van der Waals surface area (Å²) in [6, 6.07) is 0. The summed E-state index contributed by atoms with van der Waals surface area (Å²) < 4.78 is 4.66. The summed E-state index contributed by atoms with van der Waals surface area (Å²) in [5.74, 6) is -1.16. The molecule has 0 saturated carbocycles. The van der Waals surface area contributed by atoms with Gasteiger partial charge in [-0.1, -0.05) is 13.8 Å². The molecule has 0 rings (SSSR count). The minimum Gasteiger partial charge on any atom is -0.452 e. The monoisotopic (exact) mass is 159 g/mol. The van der Waals surface area contributed by atoms with Gasteiger partial charge in [0.05, 0.1) is 0 Å². The Balaban J connectivity index is 4.12. The Kier molecular flexibility index (Phi) is 3.57. The summed E-state index contributed by atoms with van der Waals surface area (Å²) >= 11 is 0. The third kappa shape index (κ3) is 3.60. The molecule has 0 saturated heterocycles. The smallest absolute Gasteiger partial charge is 0.303 e. The number of ether oxygens (including phenoxy) is 1. The highest BCUT2D eigenvalue weighted by molar-refractivity contribution is 5.81. The molecule has 0 radical (unpaired) electrons. The van der Waals surface area contributed by atoms with E-state index in [0.717, 1.165) is 0 Å². The highest BCUT2D eigenvalue weighted by Crippen LogP contribution is 2.05. The first-order valence-electron chi connectivity index (χ1n) is 3.41. The Morgan fingerprint density at radius 1 is 1.36 bits per heavy atom. The van der Waals surface area contributed by atoms with E-state index >= 15 is 0 Å². The van der Waals surface area contributed by atoms with E-state index in [4.69, 9.17) is 5.73 Å². The van der Waals surface area contributed by atoms with Crippen molar-refractivity contribution in [2.75, 3.05) is 0 Å². The van der Waals surface area contributed by atoms with Crippen molar-refractivity contribution in [3.8, 4) is 0 Å². The van der Waals surface area contributed by atoms with Crippen LogP contribution in [0.1, 0.15) is 20.8 Å². The third-order valence-corrected chi connectivity index (χ3v) is 1.18. The Morgan fingerprint density at radius 3 is 1.91 bits per heavy atom. The molecule has 4 nitrogen and oxygen atoms in total. The van der Waals surface area contributed by atoms with Crippen molar-refractivity contribution in [2.24, 2.45) is 11.7 Å². The zero-order valence-electron chi connectivity index (χ0n) is 6.96. The van der Waals surface area contributed by atoms with Gasteiger partial charge in [-0.15, -0.1) is 0 Å². The maximum Gasteiger partial charge on any atom is 0.303 e. The fourth-order valence-electron chi connectivity index (χ4n) is 0.701. The van der Waals surface area contributed by atoms with E-state index in [9.17, 15) is 9.59 Å². The molecule has 0 bridgehead atoms. The quantitative estimate of drug-likeness (QED) is 0.592. The average molecular weight is 159 g/mol. The first kappa shape index (κ1) is 9.94. The van der Waals surface area contributed by atoms with Crippen molar-refractivity contribution in [1.29, 1.82) is 0 Å². The van der Waals surface area contributed by atoms with Crippen molar-refractivity contribution in [3.63, 3.8) is 0 Å². The number of amides is 1. The molecular weight excluding hydrogens is 146 g/mol. The van der Waals surface area contributed by atoms with Crippen molar-refractivity contribution >= 4 is 11.9 Å². The molecule has 1 amide bonds. The first-order chi connectivity index (χ1) is 4.95. The molecule has 0 unspecified atom stereocenters.